The minimum Gasteiger partial charge on any atom is -0.455 e. The molecule has 1 aromatic heterocycles. The molecule has 2 heterocycles. The molecule has 8 aromatic rings. The Morgan fingerprint density at radius 2 is 1.26 bits per heavy atom. The van der Waals surface area contributed by atoms with Crippen LogP contribution in [0.25, 0.3) is 55.3 Å². The number of hydrogen-bond acceptors (Lipinski definition) is 2. The number of hydrogen-bond donors (Lipinski definition) is 0. The van der Waals surface area contributed by atoms with Gasteiger partial charge in [0.2, 0.25) is 0 Å². The molecule has 0 saturated carbocycles. The van der Waals surface area contributed by atoms with Gasteiger partial charge in [-0.1, -0.05) is 156 Å². The van der Waals surface area contributed by atoms with Crippen LogP contribution < -0.4 is 4.90 Å². The van der Waals surface area contributed by atoms with Crippen LogP contribution in [0, 0.1) is 11.8 Å². The average molecular weight is 802 g/mol. The van der Waals surface area contributed by atoms with E-state index in [9.17, 15) is 0 Å². The van der Waals surface area contributed by atoms with Gasteiger partial charge in [0, 0.05) is 49.5 Å². The highest BCUT2D eigenvalue weighted by Gasteiger charge is 2.60. The van der Waals surface area contributed by atoms with Gasteiger partial charge in [0.25, 0.3) is 0 Å². The first-order valence-electron chi connectivity index (χ1n) is 23.1. The second-order valence-corrected chi connectivity index (χ2v) is 19.0. The molecule has 4 unspecified atom stereocenters. The molecule has 302 valence electrons. The number of para-hydroxylation sites is 2. The zero-order valence-corrected chi connectivity index (χ0v) is 36.3. The van der Waals surface area contributed by atoms with Crippen LogP contribution >= 0.6 is 0 Å². The Hall–Kier alpha value is -6.38. The van der Waals surface area contributed by atoms with Crippen molar-refractivity contribution in [2.75, 3.05) is 4.90 Å². The summed E-state index contributed by atoms with van der Waals surface area (Å²) < 4.78 is 6.54. The summed E-state index contributed by atoms with van der Waals surface area (Å²) in [6.45, 7) is 12.5. The third-order valence-corrected chi connectivity index (χ3v) is 17.3. The topological polar surface area (TPSA) is 16.4 Å². The summed E-state index contributed by atoms with van der Waals surface area (Å²) in [6.07, 6.45) is 7.00. The molecule has 0 amide bonds. The van der Waals surface area contributed by atoms with Gasteiger partial charge in [0.1, 0.15) is 11.2 Å². The van der Waals surface area contributed by atoms with Gasteiger partial charge in [-0.2, -0.15) is 0 Å². The Morgan fingerprint density at radius 3 is 2.06 bits per heavy atom. The Balaban J connectivity index is 1.10. The van der Waals surface area contributed by atoms with Crippen molar-refractivity contribution in [2.45, 2.75) is 76.5 Å². The van der Waals surface area contributed by atoms with Crippen molar-refractivity contribution in [3.63, 3.8) is 0 Å². The van der Waals surface area contributed by atoms with Crippen molar-refractivity contribution in [2.24, 2.45) is 11.8 Å². The molecule has 4 bridgehead atoms. The molecule has 0 fully saturated rings. The lowest BCUT2D eigenvalue weighted by Crippen LogP contribution is -2.48. The van der Waals surface area contributed by atoms with Crippen LogP contribution in [0.4, 0.5) is 17.1 Å². The summed E-state index contributed by atoms with van der Waals surface area (Å²) in [6, 6.07) is 57.8. The Kier molecular flexibility index (Phi) is 7.38. The van der Waals surface area contributed by atoms with Crippen LogP contribution in [0.1, 0.15) is 93.7 Å². The molecule has 2 heteroatoms. The highest BCUT2D eigenvalue weighted by molar-refractivity contribution is 6.09. The minimum absolute atomic E-state index is 0.0500. The first-order chi connectivity index (χ1) is 30.4. The summed E-state index contributed by atoms with van der Waals surface area (Å²) >= 11 is 0. The van der Waals surface area contributed by atoms with E-state index in [1.54, 1.807) is 22.3 Å². The molecule has 0 radical (unpaired) electrons. The Labute approximate surface area is 365 Å². The fourth-order valence-electron chi connectivity index (χ4n) is 14.2. The second kappa shape index (κ2) is 12.6. The molecule has 2 nitrogen and oxygen atoms in total. The van der Waals surface area contributed by atoms with Crippen LogP contribution in [0.5, 0.6) is 0 Å². The molecular weight excluding hydrogens is 751 g/mol. The predicted octanol–water partition coefficient (Wildman–Crippen LogP) is 16.2. The van der Waals surface area contributed by atoms with E-state index in [2.05, 4.69) is 197 Å². The molecule has 62 heavy (non-hydrogen) atoms. The summed E-state index contributed by atoms with van der Waals surface area (Å²) in [5, 5.41) is 2.31. The molecule has 0 spiro atoms. The van der Waals surface area contributed by atoms with Gasteiger partial charge in [-0.25, -0.2) is 0 Å². The quantitative estimate of drug-likeness (QED) is 0.172. The molecule has 0 saturated heterocycles. The zero-order chi connectivity index (χ0) is 41.7. The lowest BCUT2D eigenvalue weighted by atomic mass is 9.52. The Morgan fingerprint density at radius 1 is 0.597 bits per heavy atom. The maximum Gasteiger partial charge on any atom is 0.143 e. The first kappa shape index (κ1) is 36.3. The third-order valence-electron chi connectivity index (χ3n) is 17.3. The van der Waals surface area contributed by atoms with Gasteiger partial charge in [-0.05, 0) is 135 Å². The van der Waals surface area contributed by atoms with Gasteiger partial charge in [0.15, 0.2) is 0 Å². The van der Waals surface area contributed by atoms with E-state index in [1.807, 2.05) is 0 Å². The lowest BCUT2D eigenvalue weighted by molar-refractivity contribution is 0.161. The summed E-state index contributed by atoms with van der Waals surface area (Å²) in [7, 11) is 0. The molecular formula is C60H51NO. The van der Waals surface area contributed by atoms with Crippen LogP contribution in [0.3, 0.4) is 0 Å². The van der Waals surface area contributed by atoms with E-state index in [-0.39, 0.29) is 16.2 Å². The van der Waals surface area contributed by atoms with E-state index in [0.717, 1.165) is 64.4 Å². The molecule has 0 N–H and O–H groups in total. The highest BCUT2D eigenvalue weighted by Crippen LogP contribution is 2.69. The average Bonchev–Trinajstić information content (AvgIpc) is 4.01. The van der Waals surface area contributed by atoms with Gasteiger partial charge in [0.05, 0.1) is 5.69 Å². The predicted molar refractivity (Wildman–Crippen MR) is 259 cm³/mol. The van der Waals surface area contributed by atoms with Crippen molar-refractivity contribution in [1.82, 2.24) is 0 Å². The fraction of sp³-hybridized carbons (Fsp3) is 0.233. The minimum atomic E-state index is -0.230. The van der Waals surface area contributed by atoms with Crippen LogP contribution in [0.2, 0.25) is 0 Å². The van der Waals surface area contributed by atoms with E-state index in [0.29, 0.717) is 11.8 Å². The molecule has 5 aliphatic rings. The Bertz CT molecular complexity index is 3280. The van der Waals surface area contributed by atoms with Crippen LogP contribution in [-0.4, -0.2) is 0 Å². The van der Waals surface area contributed by atoms with E-state index in [4.69, 9.17) is 4.42 Å². The third kappa shape index (κ3) is 4.26. The number of rotatable bonds is 5. The summed E-state index contributed by atoms with van der Waals surface area (Å²) in [5.74, 6) is 0.677. The van der Waals surface area contributed by atoms with Gasteiger partial charge >= 0.3 is 0 Å². The van der Waals surface area contributed by atoms with Crippen molar-refractivity contribution >= 4 is 50.1 Å². The van der Waals surface area contributed by atoms with Gasteiger partial charge in [-0.15, -0.1) is 0 Å². The molecule has 4 aliphatic carbocycles. The summed E-state index contributed by atoms with van der Waals surface area (Å²) in [4.78, 5) is 2.60. The SMILES string of the molecule is CCC1(CC)C2=C3CC4C(=C2)c2ccccc2C4(CC)C(C)C2(C)c4ccccc4-c4ccc(cc42)N(c2ccc(-c4cccc5c4oc4ccccc45)cc2)c2cccc1c23. The standard InChI is InChI=1S/C60H51NO/c1-6-59(7-2)50-24-16-25-54-56(50)47-35-53-46(34-52(47)59)42-18-10-13-23-49(42)60(53,8-3)36(4)58(5)48-22-12-9-17-41(48)43-32-31-39(33-51(43)58)61(54)38-29-27-37(28-30-38)40-20-15-21-45-44-19-11-14-26-55(44)62-57(40)45/h9-34,36,53H,6-8,35H2,1-5H3. The number of fused-ring (bicyclic) bond motifs is 10. The number of furan rings is 1. The lowest BCUT2D eigenvalue weighted by Gasteiger charge is -2.50. The number of allylic oxidation sites excluding steroid dienone is 4. The van der Waals surface area contributed by atoms with Crippen LogP contribution in [-0.2, 0) is 16.2 Å². The van der Waals surface area contributed by atoms with E-state index >= 15 is 0 Å². The van der Waals surface area contributed by atoms with Crippen molar-refractivity contribution < 1.29 is 4.42 Å². The monoisotopic (exact) mass is 801 g/mol. The number of nitrogens with zero attached hydrogens (tertiary/aromatic N) is 1. The highest BCUT2D eigenvalue weighted by atomic mass is 16.3. The van der Waals surface area contributed by atoms with E-state index in [1.165, 1.54) is 50.3 Å². The fourth-order valence-corrected chi connectivity index (χ4v) is 14.2. The number of benzene rings is 7. The van der Waals surface area contributed by atoms with Gasteiger partial charge in [-0.3, -0.25) is 0 Å². The van der Waals surface area contributed by atoms with E-state index < -0.39 is 0 Å². The largest absolute Gasteiger partial charge is 0.455 e. The smallest absolute Gasteiger partial charge is 0.143 e. The summed E-state index contributed by atoms with van der Waals surface area (Å²) in [5.41, 5.74) is 23.8. The molecule has 13 rings (SSSR count). The van der Waals surface area contributed by atoms with Crippen molar-refractivity contribution in [3.05, 3.63) is 197 Å². The maximum atomic E-state index is 6.54. The zero-order valence-electron chi connectivity index (χ0n) is 36.3. The molecule has 1 aliphatic heterocycles. The normalized spacial score (nSPS) is 23.3. The second-order valence-electron chi connectivity index (χ2n) is 19.0. The first-order valence-corrected chi connectivity index (χ1v) is 23.1. The molecule has 7 aromatic carbocycles. The number of anilines is 3. The maximum absolute atomic E-state index is 6.54. The van der Waals surface area contributed by atoms with Crippen LogP contribution in [0.15, 0.2) is 168 Å². The van der Waals surface area contributed by atoms with Crippen molar-refractivity contribution in [3.8, 4) is 22.3 Å². The van der Waals surface area contributed by atoms with Gasteiger partial charge < -0.3 is 9.32 Å². The molecule has 4 atom stereocenters. The van der Waals surface area contributed by atoms with Crippen molar-refractivity contribution in [1.29, 1.82) is 0 Å².